The molecule has 0 amide bonds. The van der Waals surface area contributed by atoms with Crippen molar-refractivity contribution in [3.8, 4) is 0 Å². The topological polar surface area (TPSA) is 35.5 Å². The number of hydrogen-bond donors (Lipinski definition) is 2. The van der Waals surface area contributed by atoms with E-state index in [0.717, 1.165) is 31.8 Å². The lowest BCUT2D eigenvalue weighted by atomic mass is 9.78. The van der Waals surface area contributed by atoms with Crippen molar-refractivity contribution in [2.75, 3.05) is 26.2 Å². The van der Waals surface area contributed by atoms with Gasteiger partial charge >= 0.3 is 0 Å². The summed E-state index contributed by atoms with van der Waals surface area (Å²) < 4.78 is 0. The summed E-state index contributed by atoms with van der Waals surface area (Å²) in [4.78, 5) is 2.60. The molecule has 0 bridgehead atoms. The number of rotatable bonds is 7. The van der Waals surface area contributed by atoms with Gasteiger partial charge in [0.25, 0.3) is 0 Å². The molecule has 1 aliphatic rings. The molecule has 108 valence electrons. The number of hydrogen-bond acceptors (Lipinski definition) is 3. The van der Waals surface area contributed by atoms with Crippen molar-refractivity contribution in [3.63, 3.8) is 0 Å². The lowest BCUT2D eigenvalue weighted by Gasteiger charge is -2.44. The molecule has 0 aromatic carbocycles. The van der Waals surface area contributed by atoms with E-state index in [1.807, 2.05) is 0 Å². The third-order valence-corrected chi connectivity index (χ3v) is 4.20. The molecule has 0 saturated heterocycles. The van der Waals surface area contributed by atoms with E-state index in [0.29, 0.717) is 6.04 Å². The van der Waals surface area contributed by atoms with Crippen LogP contribution in [0, 0.1) is 5.92 Å². The van der Waals surface area contributed by atoms with E-state index in [-0.39, 0.29) is 12.1 Å². The molecule has 3 heteroatoms. The summed E-state index contributed by atoms with van der Waals surface area (Å²) in [5.41, 5.74) is -0.0257. The van der Waals surface area contributed by atoms with Crippen molar-refractivity contribution in [3.05, 3.63) is 0 Å². The van der Waals surface area contributed by atoms with Gasteiger partial charge in [-0.05, 0) is 44.7 Å². The van der Waals surface area contributed by atoms with Gasteiger partial charge in [0, 0.05) is 18.1 Å². The first-order chi connectivity index (χ1) is 8.56. The third kappa shape index (κ3) is 4.22. The summed E-state index contributed by atoms with van der Waals surface area (Å²) in [6.07, 6.45) is 4.73. The van der Waals surface area contributed by atoms with Crippen LogP contribution in [0.2, 0.25) is 0 Å². The molecule has 0 aliphatic heterocycles. The van der Waals surface area contributed by atoms with E-state index >= 15 is 0 Å². The molecule has 1 fully saturated rings. The largest absolute Gasteiger partial charge is 0.394 e. The SMILES string of the molecule is CCNC1(CO)CCCC(N(CC)CC(C)C)C1. The van der Waals surface area contributed by atoms with Gasteiger partial charge in [-0.15, -0.1) is 0 Å². The summed E-state index contributed by atoms with van der Waals surface area (Å²) in [6, 6.07) is 0.636. The van der Waals surface area contributed by atoms with Gasteiger partial charge in [-0.2, -0.15) is 0 Å². The normalized spacial score (nSPS) is 29.2. The van der Waals surface area contributed by atoms with Crippen LogP contribution in [0.5, 0.6) is 0 Å². The molecule has 1 saturated carbocycles. The lowest BCUT2D eigenvalue weighted by molar-refractivity contribution is 0.0574. The smallest absolute Gasteiger partial charge is 0.0613 e. The highest BCUT2D eigenvalue weighted by Gasteiger charge is 2.36. The predicted molar refractivity (Wildman–Crippen MR) is 77.8 cm³/mol. The average Bonchev–Trinajstić information content (AvgIpc) is 2.36. The zero-order chi connectivity index (χ0) is 13.6. The number of aliphatic hydroxyl groups excluding tert-OH is 1. The Morgan fingerprint density at radius 1 is 1.39 bits per heavy atom. The molecule has 0 spiro atoms. The average molecular weight is 256 g/mol. The monoisotopic (exact) mass is 256 g/mol. The predicted octanol–water partition coefficient (Wildman–Crippen LogP) is 2.25. The van der Waals surface area contributed by atoms with Crippen LogP contribution < -0.4 is 5.32 Å². The molecular formula is C15H32N2O. The van der Waals surface area contributed by atoms with Crippen molar-refractivity contribution in [1.82, 2.24) is 10.2 Å². The molecule has 0 heterocycles. The summed E-state index contributed by atoms with van der Waals surface area (Å²) in [5, 5.41) is 13.3. The molecule has 0 aromatic rings. The van der Waals surface area contributed by atoms with Gasteiger partial charge < -0.3 is 15.3 Å². The molecule has 2 unspecified atom stereocenters. The van der Waals surface area contributed by atoms with E-state index in [4.69, 9.17) is 0 Å². The minimum Gasteiger partial charge on any atom is -0.394 e. The molecule has 1 rings (SSSR count). The van der Waals surface area contributed by atoms with Crippen molar-refractivity contribution in [1.29, 1.82) is 0 Å². The molecule has 0 aromatic heterocycles. The molecule has 18 heavy (non-hydrogen) atoms. The highest BCUT2D eigenvalue weighted by Crippen LogP contribution is 2.31. The fourth-order valence-electron chi connectivity index (χ4n) is 3.38. The second kappa shape index (κ2) is 7.46. The lowest BCUT2D eigenvalue weighted by Crippen LogP contribution is -2.56. The Labute approximate surface area is 113 Å². The van der Waals surface area contributed by atoms with Crippen LogP contribution in [0.25, 0.3) is 0 Å². The third-order valence-electron chi connectivity index (χ3n) is 4.20. The van der Waals surface area contributed by atoms with Crippen LogP contribution in [0.15, 0.2) is 0 Å². The standard InChI is InChI=1S/C15H32N2O/c1-5-16-15(12-18)9-7-8-14(10-15)17(6-2)11-13(3)4/h13-14,16,18H,5-12H2,1-4H3. The number of likely N-dealkylation sites (N-methyl/N-ethyl adjacent to an activating group) is 1. The number of nitrogens with one attached hydrogen (secondary N) is 1. The Bertz CT molecular complexity index is 229. The van der Waals surface area contributed by atoms with Gasteiger partial charge in [0.05, 0.1) is 6.61 Å². The maximum atomic E-state index is 9.75. The van der Waals surface area contributed by atoms with Gasteiger partial charge in [0.2, 0.25) is 0 Å². The first-order valence-corrected chi connectivity index (χ1v) is 7.66. The van der Waals surface area contributed by atoms with Gasteiger partial charge in [0.15, 0.2) is 0 Å². The van der Waals surface area contributed by atoms with Gasteiger partial charge in [-0.25, -0.2) is 0 Å². The maximum absolute atomic E-state index is 9.75. The van der Waals surface area contributed by atoms with Crippen molar-refractivity contribution >= 4 is 0 Å². The van der Waals surface area contributed by atoms with Gasteiger partial charge in [-0.1, -0.05) is 27.7 Å². The fourth-order valence-corrected chi connectivity index (χ4v) is 3.38. The maximum Gasteiger partial charge on any atom is 0.0613 e. The van der Waals surface area contributed by atoms with E-state index < -0.39 is 0 Å². The minimum absolute atomic E-state index is 0.0257. The van der Waals surface area contributed by atoms with Crippen LogP contribution in [0.1, 0.15) is 53.4 Å². The number of nitrogens with zero attached hydrogens (tertiary/aromatic N) is 1. The van der Waals surface area contributed by atoms with Crippen LogP contribution in [0.3, 0.4) is 0 Å². The highest BCUT2D eigenvalue weighted by atomic mass is 16.3. The summed E-state index contributed by atoms with van der Waals surface area (Å²) in [7, 11) is 0. The van der Waals surface area contributed by atoms with E-state index in [9.17, 15) is 5.11 Å². The van der Waals surface area contributed by atoms with Crippen molar-refractivity contribution in [2.24, 2.45) is 5.92 Å². The number of aliphatic hydroxyl groups is 1. The quantitative estimate of drug-likeness (QED) is 0.733. The van der Waals surface area contributed by atoms with E-state index in [1.54, 1.807) is 0 Å². The Morgan fingerprint density at radius 2 is 2.11 bits per heavy atom. The van der Waals surface area contributed by atoms with Crippen LogP contribution in [0.4, 0.5) is 0 Å². The van der Waals surface area contributed by atoms with Gasteiger partial charge in [0.1, 0.15) is 0 Å². The van der Waals surface area contributed by atoms with E-state index in [1.165, 1.54) is 19.4 Å². The van der Waals surface area contributed by atoms with Crippen LogP contribution >= 0.6 is 0 Å². The Hall–Kier alpha value is -0.120. The van der Waals surface area contributed by atoms with Crippen molar-refractivity contribution in [2.45, 2.75) is 65.0 Å². The van der Waals surface area contributed by atoms with Crippen LogP contribution in [-0.4, -0.2) is 47.8 Å². The second-order valence-corrected chi connectivity index (χ2v) is 6.20. The first-order valence-electron chi connectivity index (χ1n) is 7.66. The molecular weight excluding hydrogens is 224 g/mol. The Balaban J connectivity index is 2.65. The zero-order valence-electron chi connectivity index (χ0n) is 12.7. The molecule has 1 aliphatic carbocycles. The Morgan fingerprint density at radius 3 is 2.61 bits per heavy atom. The summed E-state index contributed by atoms with van der Waals surface area (Å²) in [5.74, 6) is 0.717. The Kier molecular flexibility index (Phi) is 6.61. The highest BCUT2D eigenvalue weighted by molar-refractivity contribution is 4.96. The summed E-state index contributed by atoms with van der Waals surface area (Å²) in [6.45, 7) is 12.5. The first kappa shape index (κ1) is 15.9. The fraction of sp³-hybridized carbons (Fsp3) is 1.00. The molecule has 2 N–H and O–H groups in total. The van der Waals surface area contributed by atoms with Crippen molar-refractivity contribution < 1.29 is 5.11 Å². The van der Waals surface area contributed by atoms with Gasteiger partial charge in [-0.3, -0.25) is 0 Å². The molecule has 0 radical (unpaired) electrons. The second-order valence-electron chi connectivity index (χ2n) is 6.20. The molecule has 3 nitrogen and oxygen atoms in total. The van der Waals surface area contributed by atoms with Crippen LogP contribution in [-0.2, 0) is 0 Å². The zero-order valence-corrected chi connectivity index (χ0v) is 12.7. The molecule has 2 atom stereocenters. The van der Waals surface area contributed by atoms with E-state index in [2.05, 4.69) is 37.9 Å². The minimum atomic E-state index is -0.0257. The summed E-state index contributed by atoms with van der Waals surface area (Å²) >= 11 is 0.